The highest BCUT2D eigenvalue weighted by atomic mass is 32.1. The molecule has 0 heterocycles. The Labute approximate surface area is 130 Å². The maximum atomic E-state index is 5.38. The van der Waals surface area contributed by atoms with Gasteiger partial charge in [0.25, 0.3) is 0 Å². The van der Waals surface area contributed by atoms with Crippen molar-refractivity contribution in [3.05, 3.63) is 60.2 Å². The van der Waals surface area contributed by atoms with E-state index < -0.39 is 0 Å². The summed E-state index contributed by atoms with van der Waals surface area (Å²) in [4.78, 5) is 5.34. The molecule has 4 nitrogen and oxygen atoms in total. The van der Waals surface area contributed by atoms with Crippen LogP contribution in [-0.2, 0) is 11.4 Å². The monoisotopic (exact) mass is 302 g/mol. The Morgan fingerprint density at radius 3 is 2.43 bits per heavy atom. The first-order chi connectivity index (χ1) is 10.3. The molecule has 0 unspecified atom stereocenters. The smallest absolute Gasteiger partial charge is 0.195 e. The van der Waals surface area contributed by atoms with Gasteiger partial charge in [-0.15, -0.1) is 0 Å². The summed E-state index contributed by atoms with van der Waals surface area (Å²) in [5, 5.41) is 3.45. The number of hydroxylamine groups is 1. The molecule has 0 amide bonds. The van der Waals surface area contributed by atoms with Crippen LogP contribution in [0.1, 0.15) is 12.5 Å². The first kappa shape index (κ1) is 15.3. The number of rotatable bonds is 6. The second-order valence-electron chi connectivity index (χ2n) is 4.29. The fourth-order valence-corrected chi connectivity index (χ4v) is 1.89. The van der Waals surface area contributed by atoms with Crippen LogP contribution in [0.25, 0.3) is 0 Å². The number of anilines is 1. The molecule has 0 radical (unpaired) electrons. The second kappa shape index (κ2) is 8.24. The summed E-state index contributed by atoms with van der Waals surface area (Å²) >= 11 is 5.16. The molecule has 0 aliphatic heterocycles. The van der Waals surface area contributed by atoms with Crippen molar-refractivity contribution < 1.29 is 9.57 Å². The van der Waals surface area contributed by atoms with Gasteiger partial charge in [0.05, 0.1) is 13.2 Å². The van der Waals surface area contributed by atoms with E-state index >= 15 is 0 Å². The zero-order valence-corrected chi connectivity index (χ0v) is 12.7. The summed E-state index contributed by atoms with van der Waals surface area (Å²) in [6, 6.07) is 17.5. The topological polar surface area (TPSA) is 42.5 Å². The number of benzene rings is 2. The van der Waals surface area contributed by atoms with Crippen molar-refractivity contribution in [2.45, 2.75) is 13.5 Å². The van der Waals surface area contributed by atoms with Crippen molar-refractivity contribution in [2.75, 3.05) is 11.9 Å². The third kappa shape index (κ3) is 5.41. The molecule has 2 aromatic rings. The third-order valence-electron chi connectivity index (χ3n) is 2.67. The van der Waals surface area contributed by atoms with Crippen molar-refractivity contribution in [1.82, 2.24) is 5.48 Å². The van der Waals surface area contributed by atoms with E-state index in [9.17, 15) is 0 Å². The number of hydrogen-bond acceptors (Lipinski definition) is 3. The SMILES string of the molecule is CCOc1ccc(NC(=S)NOCc2ccccc2)cc1. The molecule has 0 aliphatic carbocycles. The fourth-order valence-electron chi connectivity index (χ4n) is 1.72. The number of thiocarbonyl (C=S) groups is 1. The van der Waals surface area contributed by atoms with Crippen molar-refractivity contribution in [2.24, 2.45) is 0 Å². The lowest BCUT2D eigenvalue weighted by Gasteiger charge is -2.11. The molecule has 0 saturated heterocycles. The summed E-state index contributed by atoms with van der Waals surface area (Å²) in [5.41, 5.74) is 4.66. The lowest BCUT2D eigenvalue weighted by molar-refractivity contribution is 0.0728. The quantitative estimate of drug-likeness (QED) is 0.631. The van der Waals surface area contributed by atoms with Gasteiger partial charge in [-0.1, -0.05) is 30.3 Å². The van der Waals surface area contributed by atoms with Gasteiger partial charge in [0.15, 0.2) is 5.11 Å². The molecule has 21 heavy (non-hydrogen) atoms. The molecule has 0 atom stereocenters. The summed E-state index contributed by atoms with van der Waals surface area (Å²) in [5.74, 6) is 0.835. The average molecular weight is 302 g/mol. The summed E-state index contributed by atoms with van der Waals surface area (Å²) in [6.45, 7) is 3.06. The first-order valence-electron chi connectivity index (χ1n) is 6.73. The van der Waals surface area contributed by atoms with E-state index in [0.29, 0.717) is 18.3 Å². The van der Waals surface area contributed by atoms with Gasteiger partial charge in [-0.2, -0.15) is 0 Å². The molecule has 2 aromatic carbocycles. The minimum Gasteiger partial charge on any atom is -0.494 e. The second-order valence-corrected chi connectivity index (χ2v) is 4.70. The third-order valence-corrected chi connectivity index (χ3v) is 2.86. The number of nitrogens with one attached hydrogen (secondary N) is 2. The standard InChI is InChI=1S/C16H18N2O2S/c1-2-19-15-10-8-14(9-11-15)17-16(21)18-20-12-13-6-4-3-5-7-13/h3-11H,2,12H2,1H3,(H2,17,18,21). The predicted molar refractivity (Wildman–Crippen MR) is 88.2 cm³/mol. The van der Waals surface area contributed by atoms with Gasteiger partial charge in [0, 0.05) is 5.69 Å². The number of ether oxygens (including phenoxy) is 1. The predicted octanol–water partition coefficient (Wildman–Crippen LogP) is 3.50. The van der Waals surface area contributed by atoms with Gasteiger partial charge in [-0.05, 0) is 49.0 Å². The van der Waals surface area contributed by atoms with E-state index in [1.807, 2.05) is 61.5 Å². The Balaban J connectivity index is 1.74. The van der Waals surface area contributed by atoms with Crippen molar-refractivity contribution in [1.29, 1.82) is 0 Å². The number of hydrogen-bond donors (Lipinski definition) is 2. The zero-order valence-electron chi connectivity index (χ0n) is 11.8. The van der Waals surface area contributed by atoms with Gasteiger partial charge in [0.2, 0.25) is 0 Å². The largest absolute Gasteiger partial charge is 0.494 e. The van der Waals surface area contributed by atoms with E-state index in [1.54, 1.807) is 0 Å². The van der Waals surface area contributed by atoms with E-state index in [-0.39, 0.29) is 0 Å². The van der Waals surface area contributed by atoms with Crippen LogP contribution in [0, 0.1) is 0 Å². The highest BCUT2D eigenvalue weighted by Crippen LogP contribution is 2.15. The molecule has 0 saturated carbocycles. The minimum absolute atomic E-state index is 0.412. The highest BCUT2D eigenvalue weighted by molar-refractivity contribution is 7.80. The molecular weight excluding hydrogens is 284 g/mol. The Kier molecular flexibility index (Phi) is 5.99. The van der Waals surface area contributed by atoms with E-state index in [2.05, 4.69) is 10.8 Å². The van der Waals surface area contributed by atoms with Crippen LogP contribution in [0.2, 0.25) is 0 Å². The van der Waals surface area contributed by atoms with Crippen LogP contribution < -0.4 is 15.5 Å². The zero-order chi connectivity index (χ0) is 14.9. The van der Waals surface area contributed by atoms with Crippen molar-refractivity contribution in [3.63, 3.8) is 0 Å². The summed E-state index contributed by atoms with van der Waals surface area (Å²) < 4.78 is 5.38. The van der Waals surface area contributed by atoms with E-state index in [1.165, 1.54) is 0 Å². The molecule has 0 bridgehead atoms. The molecule has 0 fully saturated rings. The minimum atomic E-state index is 0.412. The summed E-state index contributed by atoms with van der Waals surface area (Å²) in [6.07, 6.45) is 0. The average Bonchev–Trinajstić information content (AvgIpc) is 2.51. The van der Waals surface area contributed by atoms with Gasteiger partial charge in [-0.3, -0.25) is 4.84 Å². The maximum absolute atomic E-state index is 5.38. The fraction of sp³-hybridized carbons (Fsp3) is 0.188. The molecule has 0 aromatic heterocycles. The maximum Gasteiger partial charge on any atom is 0.195 e. The molecule has 2 N–H and O–H groups in total. The summed E-state index contributed by atoms with van der Waals surface area (Å²) in [7, 11) is 0. The lowest BCUT2D eigenvalue weighted by Crippen LogP contribution is -2.28. The van der Waals surface area contributed by atoms with Gasteiger partial charge in [0.1, 0.15) is 5.75 Å². The Morgan fingerprint density at radius 1 is 1.05 bits per heavy atom. The van der Waals surface area contributed by atoms with Crippen LogP contribution in [0.5, 0.6) is 5.75 Å². The van der Waals surface area contributed by atoms with Crippen molar-refractivity contribution >= 4 is 23.0 Å². The Bertz CT molecular complexity index is 558. The molecular formula is C16H18N2O2S. The van der Waals surface area contributed by atoms with Gasteiger partial charge >= 0.3 is 0 Å². The van der Waals surface area contributed by atoms with E-state index in [4.69, 9.17) is 21.8 Å². The van der Waals surface area contributed by atoms with Crippen LogP contribution >= 0.6 is 12.2 Å². The molecule has 2 rings (SSSR count). The lowest BCUT2D eigenvalue weighted by atomic mass is 10.2. The van der Waals surface area contributed by atoms with Gasteiger partial charge in [-0.25, -0.2) is 5.48 Å². The van der Waals surface area contributed by atoms with Crippen LogP contribution in [0.4, 0.5) is 5.69 Å². The molecule has 0 aliphatic rings. The van der Waals surface area contributed by atoms with Crippen molar-refractivity contribution in [3.8, 4) is 5.75 Å². The van der Waals surface area contributed by atoms with Gasteiger partial charge < -0.3 is 10.1 Å². The first-order valence-corrected chi connectivity index (χ1v) is 7.14. The van der Waals surface area contributed by atoms with Crippen LogP contribution in [-0.4, -0.2) is 11.7 Å². The highest BCUT2D eigenvalue weighted by Gasteiger charge is 1.99. The van der Waals surface area contributed by atoms with Crippen LogP contribution in [0.3, 0.4) is 0 Å². The Morgan fingerprint density at radius 2 is 1.76 bits per heavy atom. The Hall–Kier alpha value is -2.11. The molecule has 0 spiro atoms. The molecule has 5 heteroatoms. The van der Waals surface area contributed by atoms with Crippen LogP contribution in [0.15, 0.2) is 54.6 Å². The normalized spacial score (nSPS) is 9.95. The molecule has 110 valence electrons. The van der Waals surface area contributed by atoms with E-state index in [0.717, 1.165) is 17.0 Å².